The van der Waals surface area contributed by atoms with Crippen LogP contribution in [-0.2, 0) is 17.6 Å². The fourth-order valence-corrected chi connectivity index (χ4v) is 1.17. The molecule has 0 aliphatic rings. The topological polar surface area (TPSA) is 47.0 Å². The van der Waals surface area contributed by atoms with Gasteiger partial charge < -0.3 is 10.1 Å². The SMILES string of the molecule is CCc1cc(NC)nc(CCOC)n1. The molecule has 1 N–H and O–H groups in total. The van der Waals surface area contributed by atoms with Crippen LogP contribution in [0.1, 0.15) is 18.4 Å². The summed E-state index contributed by atoms with van der Waals surface area (Å²) in [5, 5.41) is 3.03. The van der Waals surface area contributed by atoms with Gasteiger partial charge in [-0.25, -0.2) is 9.97 Å². The van der Waals surface area contributed by atoms with Gasteiger partial charge in [-0.2, -0.15) is 0 Å². The first kappa shape index (κ1) is 10.9. The summed E-state index contributed by atoms with van der Waals surface area (Å²) in [6, 6.07) is 1.97. The zero-order chi connectivity index (χ0) is 10.4. The van der Waals surface area contributed by atoms with Gasteiger partial charge in [0.1, 0.15) is 11.6 Å². The number of methoxy groups -OCH3 is 1. The maximum Gasteiger partial charge on any atom is 0.133 e. The lowest BCUT2D eigenvalue weighted by molar-refractivity contribution is 0.200. The molecule has 1 heterocycles. The maximum atomic E-state index is 4.99. The fraction of sp³-hybridized carbons (Fsp3) is 0.600. The van der Waals surface area contributed by atoms with Crippen molar-refractivity contribution >= 4 is 5.82 Å². The van der Waals surface area contributed by atoms with Crippen LogP contribution in [0.3, 0.4) is 0 Å². The van der Waals surface area contributed by atoms with Gasteiger partial charge in [0.2, 0.25) is 0 Å². The van der Waals surface area contributed by atoms with E-state index in [1.807, 2.05) is 13.1 Å². The minimum absolute atomic E-state index is 0.663. The molecule has 0 spiro atoms. The molecule has 0 aliphatic carbocycles. The van der Waals surface area contributed by atoms with E-state index in [-0.39, 0.29) is 0 Å². The Morgan fingerprint density at radius 3 is 2.79 bits per heavy atom. The van der Waals surface area contributed by atoms with E-state index in [0.29, 0.717) is 6.61 Å². The molecule has 0 aromatic carbocycles. The maximum absolute atomic E-state index is 4.99. The highest BCUT2D eigenvalue weighted by atomic mass is 16.5. The number of hydrogen-bond donors (Lipinski definition) is 1. The van der Waals surface area contributed by atoms with E-state index in [0.717, 1.165) is 30.2 Å². The number of rotatable bonds is 5. The van der Waals surface area contributed by atoms with E-state index >= 15 is 0 Å². The highest BCUT2D eigenvalue weighted by molar-refractivity contribution is 5.35. The standard InChI is InChI=1S/C10H17N3O/c1-4-8-7-10(11-2)13-9(12-8)5-6-14-3/h7H,4-6H2,1-3H3,(H,11,12,13). The third-order valence-corrected chi connectivity index (χ3v) is 1.97. The lowest BCUT2D eigenvalue weighted by atomic mass is 10.3. The number of ether oxygens (including phenoxy) is 1. The minimum Gasteiger partial charge on any atom is -0.384 e. The highest BCUT2D eigenvalue weighted by Crippen LogP contribution is 2.07. The normalized spacial score (nSPS) is 10.2. The zero-order valence-corrected chi connectivity index (χ0v) is 9.00. The number of aromatic nitrogens is 2. The van der Waals surface area contributed by atoms with Crippen molar-refractivity contribution in [3.05, 3.63) is 17.6 Å². The number of aryl methyl sites for hydroxylation is 1. The van der Waals surface area contributed by atoms with Crippen LogP contribution in [0.2, 0.25) is 0 Å². The number of hydrogen-bond acceptors (Lipinski definition) is 4. The van der Waals surface area contributed by atoms with E-state index in [2.05, 4.69) is 22.2 Å². The largest absolute Gasteiger partial charge is 0.384 e. The Bertz CT molecular complexity index is 266. The Balaban J connectivity index is 2.81. The van der Waals surface area contributed by atoms with Crippen molar-refractivity contribution in [1.29, 1.82) is 0 Å². The van der Waals surface area contributed by atoms with E-state index in [4.69, 9.17) is 4.74 Å². The Morgan fingerprint density at radius 2 is 2.21 bits per heavy atom. The van der Waals surface area contributed by atoms with Crippen molar-refractivity contribution in [3.63, 3.8) is 0 Å². The van der Waals surface area contributed by atoms with Crippen molar-refractivity contribution in [3.8, 4) is 0 Å². The summed E-state index contributed by atoms with van der Waals surface area (Å²) in [5.74, 6) is 1.72. The van der Waals surface area contributed by atoms with Crippen LogP contribution < -0.4 is 5.32 Å². The first-order valence-corrected chi connectivity index (χ1v) is 4.83. The first-order chi connectivity index (χ1) is 6.80. The molecule has 0 bridgehead atoms. The second-order valence-electron chi connectivity index (χ2n) is 3.01. The van der Waals surface area contributed by atoms with Crippen molar-refractivity contribution < 1.29 is 4.74 Å². The van der Waals surface area contributed by atoms with Crippen LogP contribution in [0.15, 0.2) is 6.07 Å². The number of nitrogens with one attached hydrogen (secondary N) is 1. The molecule has 0 saturated heterocycles. The molecule has 4 heteroatoms. The summed E-state index contributed by atoms with van der Waals surface area (Å²) < 4.78 is 4.99. The van der Waals surface area contributed by atoms with Gasteiger partial charge in [-0.05, 0) is 6.42 Å². The van der Waals surface area contributed by atoms with Crippen LogP contribution in [0, 0.1) is 0 Å². The predicted molar refractivity (Wildman–Crippen MR) is 56.5 cm³/mol. The minimum atomic E-state index is 0.663. The molecule has 0 saturated carbocycles. The van der Waals surface area contributed by atoms with Gasteiger partial charge in [-0.15, -0.1) is 0 Å². The van der Waals surface area contributed by atoms with Crippen LogP contribution in [-0.4, -0.2) is 30.7 Å². The van der Waals surface area contributed by atoms with Crippen LogP contribution in [0.4, 0.5) is 5.82 Å². The molecule has 1 aromatic rings. The Morgan fingerprint density at radius 1 is 1.43 bits per heavy atom. The third kappa shape index (κ3) is 2.96. The molecule has 0 fully saturated rings. The van der Waals surface area contributed by atoms with Crippen LogP contribution in [0.5, 0.6) is 0 Å². The van der Waals surface area contributed by atoms with Gasteiger partial charge in [0, 0.05) is 32.3 Å². The Kier molecular flexibility index (Phi) is 4.32. The van der Waals surface area contributed by atoms with Gasteiger partial charge in [0.15, 0.2) is 0 Å². The zero-order valence-electron chi connectivity index (χ0n) is 9.00. The molecule has 0 atom stereocenters. The summed E-state index contributed by atoms with van der Waals surface area (Å²) in [5.41, 5.74) is 1.07. The summed E-state index contributed by atoms with van der Waals surface area (Å²) in [6.07, 6.45) is 1.69. The van der Waals surface area contributed by atoms with Gasteiger partial charge in [0.05, 0.1) is 6.61 Å². The van der Waals surface area contributed by atoms with Gasteiger partial charge in [-0.1, -0.05) is 6.92 Å². The Hall–Kier alpha value is -1.16. The van der Waals surface area contributed by atoms with E-state index < -0.39 is 0 Å². The summed E-state index contributed by atoms with van der Waals surface area (Å²) in [7, 11) is 3.55. The molecule has 0 radical (unpaired) electrons. The average Bonchev–Trinajstić information content (AvgIpc) is 2.25. The first-order valence-electron chi connectivity index (χ1n) is 4.83. The Labute approximate surface area is 84.7 Å². The van der Waals surface area contributed by atoms with Gasteiger partial charge in [0.25, 0.3) is 0 Å². The predicted octanol–water partition coefficient (Wildman–Crippen LogP) is 1.27. The lowest BCUT2D eigenvalue weighted by Gasteiger charge is -2.05. The van der Waals surface area contributed by atoms with E-state index in [1.54, 1.807) is 7.11 Å². The molecule has 1 aromatic heterocycles. The second-order valence-corrected chi connectivity index (χ2v) is 3.01. The van der Waals surface area contributed by atoms with Crippen LogP contribution in [0.25, 0.3) is 0 Å². The smallest absolute Gasteiger partial charge is 0.133 e. The van der Waals surface area contributed by atoms with Crippen molar-refractivity contribution in [2.45, 2.75) is 19.8 Å². The quantitative estimate of drug-likeness (QED) is 0.768. The molecular formula is C10H17N3O. The molecule has 4 nitrogen and oxygen atoms in total. The fourth-order valence-electron chi connectivity index (χ4n) is 1.17. The number of anilines is 1. The van der Waals surface area contributed by atoms with Crippen LogP contribution >= 0.6 is 0 Å². The lowest BCUT2D eigenvalue weighted by Crippen LogP contribution is -2.05. The third-order valence-electron chi connectivity index (χ3n) is 1.97. The average molecular weight is 195 g/mol. The molecular weight excluding hydrogens is 178 g/mol. The number of nitrogens with zero attached hydrogens (tertiary/aromatic N) is 2. The van der Waals surface area contributed by atoms with E-state index in [9.17, 15) is 0 Å². The van der Waals surface area contributed by atoms with E-state index in [1.165, 1.54) is 0 Å². The second kappa shape index (κ2) is 5.54. The molecule has 0 unspecified atom stereocenters. The molecule has 78 valence electrons. The van der Waals surface area contributed by atoms with Gasteiger partial charge >= 0.3 is 0 Å². The summed E-state index contributed by atoms with van der Waals surface area (Å²) in [6.45, 7) is 2.75. The monoisotopic (exact) mass is 195 g/mol. The van der Waals surface area contributed by atoms with Crippen molar-refractivity contribution in [1.82, 2.24) is 9.97 Å². The molecule has 0 aliphatic heterocycles. The summed E-state index contributed by atoms with van der Waals surface area (Å²) in [4.78, 5) is 8.74. The van der Waals surface area contributed by atoms with Gasteiger partial charge in [-0.3, -0.25) is 0 Å². The molecule has 14 heavy (non-hydrogen) atoms. The summed E-state index contributed by atoms with van der Waals surface area (Å²) >= 11 is 0. The van der Waals surface area contributed by atoms with Crippen molar-refractivity contribution in [2.75, 3.05) is 26.1 Å². The molecule has 1 rings (SSSR count). The highest BCUT2D eigenvalue weighted by Gasteiger charge is 2.01. The molecule has 0 amide bonds. The van der Waals surface area contributed by atoms with Crippen molar-refractivity contribution in [2.24, 2.45) is 0 Å².